The predicted molar refractivity (Wildman–Crippen MR) is 124 cm³/mol. The summed E-state index contributed by atoms with van der Waals surface area (Å²) in [7, 11) is 1.47. The normalized spacial score (nSPS) is 20.5. The van der Waals surface area contributed by atoms with E-state index in [0.29, 0.717) is 24.5 Å². The lowest BCUT2D eigenvalue weighted by molar-refractivity contribution is 0.0601. The molecule has 8 nitrogen and oxygen atoms in total. The summed E-state index contributed by atoms with van der Waals surface area (Å²) in [6.45, 7) is 4.02. The number of methoxy groups -OCH3 is 1. The number of piperidine rings is 1. The summed E-state index contributed by atoms with van der Waals surface area (Å²) in [6, 6.07) is 8.34. The third-order valence-corrected chi connectivity index (χ3v) is 6.81. The Morgan fingerprint density at radius 2 is 2.09 bits per heavy atom. The summed E-state index contributed by atoms with van der Waals surface area (Å²) in [5.41, 5.74) is 2.47. The average molecular weight is 463 g/mol. The van der Waals surface area contributed by atoms with E-state index in [4.69, 9.17) is 14.8 Å². The van der Waals surface area contributed by atoms with Gasteiger partial charge in [0, 0.05) is 43.5 Å². The van der Waals surface area contributed by atoms with Crippen molar-refractivity contribution in [1.29, 1.82) is 5.26 Å². The van der Waals surface area contributed by atoms with Gasteiger partial charge in [-0.05, 0) is 44.7 Å². The van der Waals surface area contributed by atoms with Crippen LogP contribution in [0.1, 0.15) is 53.3 Å². The van der Waals surface area contributed by atoms with Crippen LogP contribution >= 0.6 is 0 Å². The number of carbonyl (C=O) groups excluding carboxylic acids is 1. The van der Waals surface area contributed by atoms with Crippen molar-refractivity contribution in [3.8, 4) is 11.8 Å². The number of nitriles is 1. The highest BCUT2D eigenvalue weighted by molar-refractivity contribution is 5.95. The van der Waals surface area contributed by atoms with Crippen LogP contribution in [-0.2, 0) is 0 Å². The fraction of sp³-hybridized carbons (Fsp3) is 0.440. The van der Waals surface area contributed by atoms with E-state index in [-0.39, 0.29) is 23.4 Å². The van der Waals surface area contributed by atoms with Crippen LogP contribution in [0.4, 0.5) is 10.2 Å². The minimum absolute atomic E-state index is 0.0260. The molecule has 0 aliphatic carbocycles. The molecule has 2 unspecified atom stereocenters. The fourth-order valence-electron chi connectivity index (χ4n) is 4.99. The van der Waals surface area contributed by atoms with Crippen molar-refractivity contribution in [1.82, 2.24) is 19.5 Å². The molecule has 2 aliphatic rings. The van der Waals surface area contributed by atoms with E-state index in [2.05, 4.69) is 11.0 Å². The van der Waals surface area contributed by atoms with Gasteiger partial charge in [-0.25, -0.2) is 13.9 Å². The van der Waals surface area contributed by atoms with Gasteiger partial charge >= 0.3 is 0 Å². The number of nitrogens with zero attached hydrogens (tertiary/aromatic N) is 6. The molecule has 5 rings (SSSR count). The first-order chi connectivity index (χ1) is 16.5. The van der Waals surface area contributed by atoms with Crippen LogP contribution in [-0.4, -0.2) is 52.1 Å². The lowest BCUT2D eigenvalue weighted by atomic mass is 9.98. The van der Waals surface area contributed by atoms with Crippen LogP contribution in [0.15, 0.2) is 30.5 Å². The summed E-state index contributed by atoms with van der Waals surface area (Å²) >= 11 is 0. The first kappa shape index (κ1) is 22.1. The van der Waals surface area contributed by atoms with Gasteiger partial charge in [0.2, 0.25) is 0 Å². The number of aryl methyl sites for hydroxylation is 1. The van der Waals surface area contributed by atoms with Crippen LogP contribution in [0, 0.1) is 30.0 Å². The summed E-state index contributed by atoms with van der Waals surface area (Å²) in [5.74, 6) is 0.339. The number of rotatable bonds is 4. The maximum Gasteiger partial charge on any atom is 0.257 e. The number of hydrogen-bond acceptors (Lipinski definition) is 6. The monoisotopic (exact) mass is 462 g/mol. The number of aromatic nitrogens is 3. The maximum atomic E-state index is 14.6. The predicted octanol–water partition coefficient (Wildman–Crippen LogP) is 3.90. The van der Waals surface area contributed by atoms with E-state index < -0.39 is 5.82 Å². The van der Waals surface area contributed by atoms with Gasteiger partial charge in [-0.1, -0.05) is 0 Å². The third-order valence-electron chi connectivity index (χ3n) is 6.81. The molecule has 2 fully saturated rings. The average Bonchev–Trinajstić information content (AvgIpc) is 3.49. The molecule has 0 radical (unpaired) electrons. The van der Waals surface area contributed by atoms with Crippen molar-refractivity contribution in [2.24, 2.45) is 5.92 Å². The van der Waals surface area contributed by atoms with E-state index in [9.17, 15) is 14.4 Å². The zero-order chi connectivity index (χ0) is 23.8. The molecule has 1 amide bonds. The molecule has 1 aromatic carbocycles. The standard InChI is InChI=1S/C25H27FN6O2/c1-16-14-32-23(28-24(16)30-10-8-17(13-27)15-30)12-21(29-32)22-5-3-4-9-31(22)25(33)19-7-6-18(34-2)11-20(19)26/h6-7,11-12,14,17,22H,3-5,8-10,15H2,1-2H3. The molecule has 0 spiro atoms. The van der Waals surface area contributed by atoms with Gasteiger partial charge in [0.15, 0.2) is 5.65 Å². The third kappa shape index (κ3) is 3.94. The topological polar surface area (TPSA) is 86.8 Å². The van der Waals surface area contributed by atoms with Crippen LogP contribution in [0.5, 0.6) is 5.75 Å². The smallest absolute Gasteiger partial charge is 0.257 e. The van der Waals surface area contributed by atoms with Crippen molar-refractivity contribution in [2.75, 3.05) is 31.6 Å². The minimum Gasteiger partial charge on any atom is -0.497 e. The van der Waals surface area contributed by atoms with Crippen LogP contribution in [0.25, 0.3) is 5.65 Å². The Kier molecular flexibility index (Phi) is 5.82. The van der Waals surface area contributed by atoms with Gasteiger partial charge in [0.05, 0.1) is 36.4 Å². The van der Waals surface area contributed by atoms with Crippen molar-refractivity contribution in [3.63, 3.8) is 0 Å². The Balaban J connectivity index is 1.45. The molecular weight excluding hydrogens is 435 g/mol. The lowest BCUT2D eigenvalue weighted by Gasteiger charge is -2.34. The molecule has 2 atom stereocenters. The zero-order valence-corrected chi connectivity index (χ0v) is 19.4. The highest BCUT2D eigenvalue weighted by Gasteiger charge is 2.32. The molecule has 0 bridgehead atoms. The van der Waals surface area contributed by atoms with Gasteiger partial charge in [-0.15, -0.1) is 0 Å². The molecule has 0 N–H and O–H groups in total. The molecule has 3 aromatic rings. The summed E-state index contributed by atoms with van der Waals surface area (Å²) < 4.78 is 21.5. The van der Waals surface area contributed by atoms with E-state index in [1.165, 1.54) is 19.2 Å². The largest absolute Gasteiger partial charge is 0.497 e. The second-order valence-electron chi connectivity index (χ2n) is 9.04. The van der Waals surface area contributed by atoms with Crippen molar-refractivity contribution < 1.29 is 13.9 Å². The number of likely N-dealkylation sites (tertiary alicyclic amines) is 1. The fourth-order valence-corrected chi connectivity index (χ4v) is 4.99. The Labute approximate surface area is 197 Å². The van der Waals surface area contributed by atoms with Gasteiger partial charge in [0.1, 0.15) is 17.4 Å². The van der Waals surface area contributed by atoms with E-state index >= 15 is 0 Å². The second-order valence-corrected chi connectivity index (χ2v) is 9.04. The molecule has 2 aliphatic heterocycles. The zero-order valence-electron chi connectivity index (χ0n) is 19.4. The molecule has 34 heavy (non-hydrogen) atoms. The second kappa shape index (κ2) is 8.93. The first-order valence-corrected chi connectivity index (χ1v) is 11.6. The van der Waals surface area contributed by atoms with Crippen molar-refractivity contribution in [3.05, 3.63) is 53.1 Å². The number of anilines is 1. The quantitative estimate of drug-likeness (QED) is 0.585. The highest BCUT2D eigenvalue weighted by atomic mass is 19.1. The Morgan fingerprint density at radius 3 is 2.82 bits per heavy atom. The molecule has 0 saturated carbocycles. The Morgan fingerprint density at radius 1 is 1.24 bits per heavy atom. The van der Waals surface area contributed by atoms with Gasteiger partial charge < -0.3 is 14.5 Å². The Hall–Kier alpha value is -3.67. The number of hydrogen-bond donors (Lipinski definition) is 0. The molecule has 2 aromatic heterocycles. The maximum absolute atomic E-state index is 14.6. The number of amides is 1. The van der Waals surface area contributed by atoms with Gasteiger partial charge in [-0.2, -0.15) is 10.4 Å². The first-order valence-electron chi connectivity index (χ1n) is 11.6. The van der Waals surface area contributed by atoms with E-state index in [0.717, 1.165) is 49.3 Å². The minimum atomic E-state index is -0.591. The molecule has 9 heteroatoms. The summed E-state index contributed by atoms with van der Waals surface area (Å²) in [5, 5.41) is 14.0. The molecular formula is C25H27FN6O2. The van der Waals surface area contributed by atoms with Crippen molar-refractivity contribution in [2.45, 2.75) is 38.6 Å². The van der Waals surface area contributed by atoms with Crippen LogP contribution in [0.3, 0.4) is 0 Å². The van der Waals surface area contributed by atoms with Gasteiger partial charge in [-0.3, -0.25) is 4.79 Å². The van der Waals surface area contributed by atoms with Crippen LogP contribution in [0.2, 0.25) is 0 Å². The van der Waals surface area contributed by atoms with E-state index in [1.54, 1.807) is 15.5 Å². The molecule has 4 heterocycles. The van der Waals surface area contributed by atoms with Crippen molar-refractivity contribution >= 4 is 17.4 Å². The number of ether oxygens (including phenoxy) is 1. The number of carbonyl (C=O) groups is 1. The van der Waals surface area contributed by atoms with Crippen LogP contribution < -0.4 is 9.64 Å². The Bertz CT molecular complexity index is 1280. The SMILES string of the molecule is COc1ccc(C(=O)N2CCCCC2c2cc3nc(N4CCC(C#N)C4)c(C)cn3n2)c(F)c1. The van der Waals surface area contributed by atoms with E-state index in [1.807, 2.05) is 19.2 Å². The number of benzene rings is 1. The summed E-state index contributed by atoms with van der Waals surface area (Å²) in [6.07, 6.45) is 5.38. The summed E-state index contributed by atoms with van der Waals surface area (Å²) in [4.78, 5) is 22.0. The molecule has 176 valence electrons. The molecule has 2 saturated heterocycles. The van der Waals surface area contributed by atoms with Gasteiger partial charge in [0.25, 0.3) is 5.91 Å². The number of fused-ring (bicyclic) bond motifs is 1. The lowest BCUT2D eigenvalue weighted by Crippen LogP contribution is -2.39. The highest BCUT2D eigenvalue weighted by Crippen LogP contribution is 2.33. The number of halogens is 1.